The molecule has 1 N–H and O–H groups in total. The zero-order valence-corrected chi connectivity index (χ0v) is 11.9. The van der Waals surface area contributed by atoms with Crippen molar-refractivity contribution in [3.8, 4) is 6.07 Å². The van der Waals surface area contributed by atoms with E-state index in [9.17, 15) is 4.79 Å². The summed E-state index contributed by atoms with van der Waals surface area (Å²) in [6.07, 6.45) is 0. The van der Waals surface area contributed by atoms with Gasteiger partial charge in [-0.25, -0.2) is 0 Å². The number of anilines is 1. The topological polar surface area (TPSA) is 52.9 Å². The first kappa shape index (κ1) is 13.3. The van der Waals surface area contributed by atoms with Crippen LogP contribution in [0.2, 0.25) is 0 Å². The van der Waals surface area contributed by atoms with Crippen LogP contribution in [0.1, 0.15) is 21.5 Å². The molecular weight excluding hydrogens is 304 g/mol. The lowest BCUT2D eigenvalue weighted by molar-refractivity contribution is 0.102. The number of halogens is 1. The maximum atomic E-state index is 12.2. The van der Waals surface area contributed by atoms with Gasteiger partial charge in [0.2, 0.25) is 0 Å². The predicted molar refractivity (Wildman–Crippen MR) is 78.0 cm³/mol. The van der Waals surface area contributed by atoms with Crippen molar-refractivity contribution in [2.75, 3.05) is 5.32 Å². The summed E-state index contributed by atoms with van der Waals surface area (Å²) in [4.78, 5) is 12.2. The van der Waals surface area contributed by atoms with Gasteiger partial charge in [0.05, 0.1) is 17.2 Å². The summed E-state index contributed by atoms with van der Waals surface area (Å²) in [5.41, 5.74) is 2.71. The average molecular weight is 315 g/mol. The molecule has 94 valence electrons. The Bertz CT molecular complexity index is 674. The Kier molecular flexibility index (Phi) is 3.98. The normalized spacial score (nSPS) is 9.74. The van der Waals surface area contributed by atoms with E-state index in [4.69, 9.17) is 5.26 Å². The second kappa shape index (κ2) is 5.68. The number of carbonyl (C=O) groups is 1. The molecule has 2 aromatic rings. The molecule has 0 bridgehead atoms. The minimum Gasteiger partial charge on any atom is -0.322 e. The molecule has 2 rings (SSSR count). The lowest BCUT2D eigenvalue weighted by Crippen LogP contribution is -2.12. The fraction of sp³-hybridized carbons (Fsp3) is 0.0667. The number of rotatable bonds is 2. The van der Waals surface area contributed by atoms with Gasteiger partial charge in [-0.05, 0) is 53.2 Å². The number of nitrogens with zero attached hydrogens (tertiary/aromatic N) is 1. The van der Waals surface area contributed by atoms with Crippen LogP contribution in [0, 0.1) is 18.3 Å². The van der Waals surface area contributed by atoms with Gasteiger partial charge in [-0.1, -0.05) is 17.7 Å². The third-order valence-electron chi connectivity index (χ3n) is 2.62. The molecular formula is C15H11BrN2O. The van der Waals surface area contributed by atoms with Crippen LogP contribution in [0.3, 0.4) is 0 Å². The lowest BCUT2D eigenvalue weighted by atomic mass is 10.1. The number of aryl methyl sites for hydroxylation is 1. The van der Waals surface area contributed by atoms with E-state index in [0.717, 1.165) is 10.0 Å². The largest absolute Gasteiger partial charge is 0.322 e. The number of carbonyl (C=O) groups excluding carboxylic acids is 1. The maximum absolute atomic E-state index is 12.2. The summed E-state index contributed by atoms with van der Waals surface area (Å²) in [6, 6.07) is 14.4. The van der Waals surface area contributed by atoms with Crippen molar-refractivity contribution in [2.45, 2.75) is 6.92 Å². The Balaban J connectivity index is 2.26. The van der Waals surface area contributed by atoms with E-state index in [1.54, 1.807) is 24.3 Å². The van der Waals surface area contributed by atoms with Gasteiger partial charge in [0.1, 0.15) is 0 Å². The molecule has 0 aromatic heterocycles. The highest BCUT2D eigenvalue weighted by molar-refractivity contribution is 9.10. The van der Waals surface area contributed by atoms with Crippen molar-refractivity contribution in [3.05, 3.63) is 63.6 Å². The van der Waals surface area contributed by atoms with Crippen molar-refractivity contribution < 1.29 is 4.79 Å². The first-order chi connectivity index (χ1) is 9.10. The van der Waals surface area contributed by atoms with E-state index < -0.39 is 0 Å². The molecule has 0 saturated heterocycles. The number of hydrogen-bond acceptors (Lipinski definition) is 2. The third kappa shape index (κ3) is 3.21. The van der Waals surface area contributed by atoms with Crippen LogP contribution in [0.15, 0.2) is 46.9 Å². The third-order valence-corrected chi connectivity index (χ3v) is 3.31. The Morgan fingerprint density at radius 2 is 2.05 bits per heavy atom. The molecule has 0 saturated carbocycles. The minimum atomic E-state index is -0.203. The quantitative estimate of drug-likeness (QED) is 0.914. The average Bonchev–Trinajstić information content (AvgIpc) is 2.41. The fourth-order valence-corrected chi connectivity index (χ4v) is 2.10. The van der Waals surface area contributed by atoms with Gasteiger partial charge in [0.15, 0.2) is 0 Å². The standard InChI is InChI=1S/C15H11BrN2O/c1-10-5-6-14(16)13(7-10)15(19)18-12-4-2-3-11(8-12)9-17/h2-8H,1H3,(H,18,19). The Morgan fingerprint density at radius 3 is 2.79 bits per heavy atom. The van der Waals surface area contributed by atoms with Crippen LogP contribution in [-0.2, 0) is 0 Å². The Hall–Kier alpha value is -2.12. The molecule has 0 spiro atoms. The van der Waals surface area contributed by atoms with Gasteiger partial charge in [-0.2, -0.15) is 5.26 Å². The zero-order valence-electron chi connectivity index (χ0n) is 10.3. The lowest BCUT2D eigenvalue weighted by Gasteiger charge is -2.08. The van der Waals surface area contributed by atoms with Crippen LogP contribution in [0.4, 0.5) is 5.69 Å². The summed E-state index contributed by atoms with van der Waals surface area (Å²) in [5.74, 6) is -0.203. The van der Waals surface area contributed by atoms with E-state index >= 15 is 0 Å². The molecule has 1 amide bonds. The molecule has 0 unspecified atom stereocenters. The maximum Gasteiger partial charge on any atom is 0.256 e. The fourth-order valence-electron chi connectivity index (χ4n) is 1.68. The van der Waals surface area contributed by atoms with Crippen molar-refractivity contribution in [1.29, 1.82) is 5.26 Å². The highest BCUT2D eigenvalue weighted by Crippen LogP contribution is 2.20. The summed E-state index contributed by atoms with van der Waals surface area (Å²) in [6.45, 7) is 1.93. The summed E-state index contributed by atoms with van der Waals surface area (Å²) < 4.78 is 0.743. The highest BCUT2D eigenvalue weighted by Gasteiger charge is 2.10. The molecule has 0 heterocycles. The van der Waals surface area contributed by atoms with E-state index in [-0.39, 0.29) is 5.91 Å². The molecule has 2 aromatic carbocycles. The van der Waals surface area contributed by atoms with Gasteiger partial charge in [0.25, 0.3) is 5.91 Å². The zero-order chi connectivity index (χ0) is 13.8. The molecule has 0 aliphatic carbocycles. The second-order valence-corrected chi connectivity index (χ2v) is 4.98. The molecule has 0 radical (unpaired) electrons. The first-order valence-corrected chi connectivity index (χ1v) is 6.47. The van der Waals surface area contributed by atoms with Crippen molar-refractivity contribution in [2.24, 2.45) is 0 Å². The molecule has 0 aliphatic rings. The van der Waals surface area contributed by atoms with Crippen molar-refractivity contribution in [3.63, 3.8) is 0 Å². The van der Waals surface area contributed by atoms with Crippen molar-refractivity contribution >= 4 is 27.5 Å². The Morgan fingerprint density at radius 1 is 1.26 bits per heavy atom. The number of hydrogen-bond donors (Lipinski definition) is 1. The van der Waals surface area contributed by atoms with Crippen LogP contribution in [0.5, 0.6) is 0 Å². The number of amides is 1. The smallest absolute Gasteiger partial charge is 0.256 e. The van der Waals surface area contributed by atoms with Crippen LogP contribution in [-0.4, -0.2) is 5.91 Å². The molecule has 0 aliphatic heterocycles. The summed E-state index contributed by atoms with van der Waals surface area (Å²) in [5, 5.41) is 11.6. The van der Waals surface area contributed by atoms with E-state index in [0.29, 0.717) is 16.8 Å². The minimum absolute atomic E-state index is 0.203. The molecule has 19 heavy (non-hydrogen) atoms. The predicted octanol–water partition coefficient (Wildman–Crippen LogP) is 3.88. The van der Waals surface area contributed by atoms with Gasteiger partial charge in [0, 0.05) is 10.2 Å². The number of nitrogens with one attached hydrogen (secondary N) is 1. The second-order valence-electron chi connectivity index (χ2n) is 4.13. The monoisotopic (exact) mass is 314 g/mol. The van der Waals surface area contributed by atoms with E-state index in [1.807, 2.05) is 31.2 Å². The first-order valence-electron chi connectivity index (χ1n) is 5.68. The molecule has 4 heteroatoms. The van der Waals surface area contributed by atoms with Gasteiger partial charge in [-0.3, -0.25) is 4.79 Å². The van der Waals surface area contributed by atoms with Crippen LogP contribution >= 0.6 is 15.9 Å². The van der Waals surface area contributed by atoms with Crippen LogP contribution < -0.4 is 5.32 Å². The van der Waals surface area contributed by atoms with Crippen molar-refractivity contribution in [1.82, 2.24) is 0 Å². The highest BCUT2D eigenvalue weighted by atomic mass is 79.9. The van der Waals surface area contributed by atoms with E-state index in [1.165, 1.54) is 0 Å². The number of benzene rings is 2. The van der Waals surface area contributed by atoms with E-state index in [2.05, 4.69) is 21.2 Å². The summed E-state index contributed by atoms with van der Waals surface area (Å²) >= 11 is 3.36. The molecule has 0 fully saturated rings. The molecule has 0 atom stereocenters. The number of nitriles is 1. The Labute approximate surface area is 120 Å². The van der Waals surface area contributed by atoms with Gasteiger partial charge in [-0.15, -0.1) is 0 Å². The van der Waals surface area contributed by atoms with Gasteiger partial charge < -0.3 is 5.32 Å². The SMILES string of the molecule is Cc1ccc(Br)c(C(=O)Nc2cccc(C#N)c2)c1. The molecule has 3 nitrogen and oxygen atoms in total. The van der Waals surface area contributed by atoms with Gasteiger partial charge >= 0.3 is 0 Å². The summed E-state index contributed by atoms with van der Waals surface area (Å²) in [7, 11) is 0. The van der Waals surface area contributed by atoms with Crippen LogP contribution in [0.25, 0.3) is 0 Å².